The minimum atomic E-state index is -0.896. The molecule has 3 N–H and O–H groups in total. The van der Waals surface area contributed by atoms with Crippen molar-refractivity contribution >= 4 is 39.9 Å². The molecule has 0 saturated carbocycles. The number of hydrogen-bond donors (Lipinski definition) is 2. The SMILES string of the molecule is COc1ccc(NC(=O)C(C)(C)N)cc1Br.Cl. The van der Waals surface area contributed by atoms with Crippen LogP contribution in [0.2, 0.25) is 0 Å². The molecule has 0 unspecified atom stereocenters. The van der Waals surface area contributed by atoms with Crippen molar-refractivity contribution in [3.63, 3.8) is 0 Å². The van der Waals surface area contributed by atoms with Crippen LogP contribution in [0.4, 0.5) is 5.69 Å². The molecule has 96 valence electrons. The number of benzene rings is 1. The van der Waals surface area contributed by atoms with Crippen LogP contribution in [0.3, 0.4) is 0 Å². The van der Waals surface area contributed by atoms with Crippen molar-refractivity contribution in [1.82, 2.24) is 0 Å². The van der Waals surface area contributed by atoms with Gasteiger partial charge in [-0.1, -0.05) is 0 Å². The lowest BCUT2D eigenvalue weighted by Crippen LogP contribution is -2.45. The molecule has 1 amide bonds. The van der Waals surface area contributed by atoms with E-state index in [2.05, 4.69) is 21.2 Å². The minimum Gasteiger partial charge on any atom is -0.496 e. The van der Waals surface area contributed by atoms with Gasteiger partial charge in [-0.15, -0.1) is 12.4 Å². The van der Waals surface area contributed by atoms with Crippen LogP contribution in [-0.2, 0) is 4.79 Å². The summed E-state index contributed by atoms with van der Waals surface area (Å²) in [5.74, 6) is 0.481. The van der Waals surface area contributed by atoms with Gasteiger partial charge in [0.15, 0.2) is 0 Å². The molecule has 0 aromatic heterocycles. The van der Waals surface area contributed by atoms with Crippen molar-refractivity contribution in [3.8, 4) is 5.75 Å². The highest BCUT2D eigenvalue weighted by Crippen LogP contribution is 2.27. The van der Waals surface area contributed by atoms with E-state index in [1.807, 2.05) is 0 Å². The van der Waals surface area contributed by atoms with Gasteiger partial charge in [0, 0.05) is 5.69 Å². The molecule has 4 nitrogen and oxygen atoms in total. The predicted octanol–water partition coefficient (Wildman–Crippen LogP) is 2.56. The minimum absolute atomic E-state index is 0. The van der Waals surface area contributed by atoms with Crippen molar-refractivity contribution in [2.75, 3.05) is 12.4 Å². The van der Waals surface area contributed by atoms with Gasteiger partial charge in [-0.2, -0.15) is 0 Å². The number of carbonyl (C=O) groups excluding carboxylic acids is 1. The first-order valence-corrected chi connectivity index (χ1v) is 5.58. The molecular formula is C11H16BrClN2O2. The van der Waals surface area contributed by atoms with Crippen molar-refractivity contribution in [2.24, 2.45) is 5.73 Å². The molecular weight excluding hydrogens is 307 g/mol. The average molecular weight is 324 g/mol. The van der Waals surface area contributed by atoms with Crippen LogP contribution in [0.1, 0.15) is 13.8 Å². The van der Waals surface area contributed by atoms with E-state index in [-0.39, 0.29) is 18.3 Å². The fraction of sp³-hybridized carbons (Fsp3) is 0.364. The van der Waals surface area contributed by atoms with Crippen LogP contribution in [0.25, 0.3) is 0 Å². The number of anilines is 1. The Morgan fingerprint density at radius 2 is 2.06 bits per heavy atom. The van der Waals surface area contributed by atoms with Gasteiger partial charge in [0.2, 0.25) is 5.91 Å². The molecule has 0 heterocycles. The van der Waals surface area contributed by atoms with Crippen LogP contribution in [0.5, 0.6) is 5.75 Å². The lowest BCUT2D eigenvalue weighted by Gasteiger charge is -2.18. The zero-order valence-electron chi connectivity index (χ0n) is 9.91. The molecule has 0 atom stereocenters. The normalized spacial score (nSPS) is 10.4. The first-order chi connectivity index (χ1) is 7.34. The number of halogens is 2. The fourth-order valence-electron chi connectivity index (χ4n) is 1.04. The van der Waals surface area contributed by atoms with Crippen LogP contribution in [0.15, 0.2) is 22.7 Å². The number of amides is 1. The summed E-state index contributed by atoms with van der Waals surface area (Å²) in [5, 5.41) is 2.72. The highest BCUT2D eigenvalue weighted by Gasteiger charge is 2.21. The van der Waals surface area contributed by atoms with E-state index in [9.17, 15) is 4.79 Å². The Kier molecular flexibility index (Phi) is 5.95. The number of nitrogens with one attached hydrogen (secondary N) is 1. The molecule has 1 aromatic rings. The van der Waals surface area contributed by atoms with Gasteiger partial charge >= 0.3 is 0 Å². The standard InChI is InChI=1S/C11H15BrN2O2.ClH/c1-11(2,13)10(15)14-7-4-5-9(16-3)8(12)6-7;/h4-6H,13H2,1-3H3,(H,14,15);1H. The lowest BCUT2D eigenvalue weighted by atomic mass is 10.1. The van der Waals surface area contributed by atoms with Crippen molar-refractivity contribution < 1.29 is 9.53 Å². The summed E-state index contributed by atoms with van der Waals surface area (Å²) < 4.78 is 5.87. The summed E-state index contributed by atoms with van der Waals surface area (Å²) in [5.41, 5.74) is 5.45. The third-order valence-electron chi connectivity index (χ3n) is 1.99. The summed E-state index contributed by atoms with van der Waals surface area (Å²) in [6.07, 6.45) is 0. The summed E-state index contributed by atoms with van der Waals surface area (Å²) in [7, 11) is 1.58. The highest BCUT2D eigenvalue weighted by molar-refractivity contribution is 9.10. The molecule has 0 radical (unpaired) electrons. The molecule has 6 heteroatoms. The molecule has 1 rings (SSSR count). The van der Waals surface area contributed by atoms with Crippen LogP contribution in [0, 0.1) is 0 Å². The smallest absolute Gasteiger partial charge is 0.243 e. The molecule has 0 fully saturated rings. The Bertz CT molecular complexity index is 405. The van der Waals surface area contributed by atoms with Gasteiger partial charge in [-0.05, 0) is 48.0 Å². The Morgan fingerprint density at radius 1 is 1.47 bits per heavy atom. The van der Waals surface area contributed by atoms with E-state index in [1.165, 1.54) is 0 Å². The number of nitrogens with two attached hydrogens (primary N) is 1. The largest absolute Gasteiger partial charge is 0.496 e. The van der Waals surface area contributed by atoms with E-state index in [1.54, 1.807) is 39.2 Å². The monoisotopic (exact) mass is 322 g/mol. The summed E-state index contributed by atoms with van der Waals surface area (Å²) in [6, 6.07) is 5.29. The van der Waals surface area contributed by atoms with E-state index in [0.29, 0.717) is 11.4 Å². The van der Waals surface area contributed by atoms with Crippen LogP contribution < -0.4 is 15.8 Å². The van der Waals surface area contributed by atoms with E-state index < -0.39 is 5.54 Å². The van der Waals surface area contributed by atoms with Gasteiger partial charge in [0.1, 0.15) is 5.75 Å². The van der Waals surface area contributed by atoms with E-state index in [0.717, 1.165) is 4.47 Å². The van der Waals surface area contributed by atoms with Gasteiger partial charge in [0.05, 0.1) is 17.1 Å². The first-order valence-electron chi connectivity index (χ1n) is 4.78. The number of hydrogen-bond acceptors (Lipinski definition) is 3. The molecule has 0 saturated heterocycles. The van der Waals surface area contributed by atoms with Crippen molar-refractivity contribution in [1.29, 1.82) is 0 Å². The molecule has 0 aliphatic rings. The number of carbonyl (C=O) groups is 1. The summed E-state index contributed by atoms with van der Waals surface area (Å²) >= 11 is 3.34. The van der Waals surface area contributed by atoms with Crippen LogP contribution in [-0.4, -0.2) is 18.6 Å². The first kappa shape index (κ1) is 16.2. The second kappa shape index (κ2) is 6.23. The predicted molar refractivity (Wildman–Crippen MR) is 74.8 cm³/mol. The maximum atomic E-state index is 11.6. The topological polar surface area (TPSA) is 64.3 Å². The third kappa shape index (κ3) is 4.53. The Hall–Kier alpha value is -0.780. The molecule has 0 aliphatic heterocycles. The fourth-order valence-corrected chi connectivity index (χ4v) is 1.58. The zero-order chi connectivity index (χ0) is 12.3. The maximum absolute atomic E-state index is 11.6. The molecule has 0 aliphatic carbocycles. The van der Waals surface area contributed by atoms with Gasteiger partial charge < -0.3 is 15.8 Å². The third-order valence-corrected chi connectivity index (χ3v) is 2.61. The van der Waals surface area contributed by atoms with Gasteiger partial charge in [-0.25, -0.2) is 0 Å². The van der Waals surface area contributed by atoms with E-state index in [4.69, 9.17) is 10.5 Å². The lowest BCUT2D eigenvalue weighted by molar-refractivity contribution is -0.120. The van der Waals surface area contributed by atoms with Gasteiger partial charge in [-0.3, -0.25) is 4.79 Å². The quantitative estimate of drug-likeness (QED) is 0.898. The Morgan fingerprint density at radius 3 is 2.47 bits per heavy atom. The van der Waals surface area contributed by atoms with Crippen molar-refractivity contribution in [3.05, 3.63) is 22.7 Å². The Labute approximate surface area is 115 Å². The number of ether oxygens (including phenoxy) is 1. The molecule has 1 aromatic carbocycles. The highest BCUT2D eigenvalue weighted by atomic mass is 79.9. The van der Waals surface area contributed by atoms with Gasteiger partial charge in [0.25, 0.3) is 0 Å². The summed E-state index contributed by atoms with van der Waals surface area (Å²) in [6.45, 7) is 3.31. The summed E-state index contributed by atoms with van der Waals surface area (Å²) in [4.78, 5) is 11.6. The maximum Gasteiger partial charge on any atom is 0.243 e. The molecule has 0 spiro atoms. The molecule has 0 bridgehead atoms. The Balaban J connectivity index is 0.00000256. The zero-order valence-corrected chi connectivity index (χ0v) is 12.3. The number of methoxy groups -OCH3 is 1. The van der Waals surface area contributed by atoms with Crippen molar-refractivity contribution in [2.45, 2.75) is 19.4 Å². The van der Waals surface area contributed by atoms with Crippen LogP contribution >= 0.6 is 28.3 Å². The van der Waals surface area contributed by atoms with E-state index >= 15 is 0 Å². The second-order valence-electron chi connectivity index (χ2n) is 4.03. The molecule has 17 heavy (non-hydrogen) atoms. The number of rotatable bonds is 3. The average Bonchev–Trinajstić information content (AvgIpc) is 2.16. The second-order valence-corrected chi connectivity index (χ2v) is 4.88.